The number of nitriles is 1. The van der Waals surface area contributed by atoms with Crippen molar-refractivity contribution in [3.05, 3.63) is 24.3 Å². The summed E-state index contributed by atoms with van der Waals surface area (Å²) in [6, 6.07) is 9.97. The molecular formula is C15H20N4O. The molecule has 1 aliphatic heterocycles. The van der Waals surface area contributed by atoms with Gasteiger partial charge in [-0.3, -0.25) is 4.79 Å². The molecule has 0 saturated carbocycles. The van der Waals surface area contributed by atoms with E-state index < -0.39 is 0 Å². The second-order valence-corrected chi connectivity index (χ2v) is 5.18. The summed E-state index contributed by atoms with van der Waals surface area (Å²) in [6.45, 7) is 2.25. The van der Waals surface area contributed by atoms with Gasteiger partial charge in [0.25, 0.3) is 0 Å². The molecule has 0 spiro atoms. The zero-order valence-corrected chi connectivity index (χ0v) is 11.7. The minimum absolute atomic E-state index is 0.115. The van der Waals surface area contributed by atoms with Gasteiger partial charge < -0.3 is 15.5 Å². The molecule has 1 aromatic carbocycles. The number of carbonyl (C=O) groups excluding carboxylic acids is 1. The summed E-state index contributed by atoms with van der Waals surface area (Å²) in [4.78, 5) is 13.6. The van der Waals surface area contributed by atoms with E-state index in [2.05, 4.69) is 22.6 Å². The van der Waals surface area contributed by atoms with Crippen molar-refractivity contribution in [2.75, 3.05) is 30.8 Å². The van der Waals surface area contributed by atoms with Crippen LogP contribution in [0, 0.1) is 11.3 Å². The van der Waals surface area contributed by atoms with Crippen LogP contribution in [0.4, 0.5) is 11.4 Å². The fourth-order valence-corrected chi connectivity index (χ4v) is 2.32. The van der Waals surface area contributed by atoms with Crippen molar-refractivity contribution in [3.63, 3.8) is 0 Å². The lowest BCUT2D eigenvalue weighted by Crippen LogP contribution is -2.36. The summed E-state index contributed by atoms with van der Waals surface area (Å²) < 4.78 is 0. The van der Waals surface area contributed by atoms with Gasteiger partial charge in [-0.25, -0.2) is 0 Å². The number of anilines is 2. The highest BCUT2D eigenvalue weighted by Gasteiger charge is 2.16. The van der Waals surface area contributed by atoms with Gasteiger partial charge in [0.2, 0.25) is 5.91 Å². The number of hydrogen-bond acceptors (Lipinski definition) is 4. The van der Waals surface area contributed by atoms with Gasteiger partial charge in [-0.05, 0) is 57.2 Å². The van der Waals surface area contributed by atoms with E-state index in [1.165, 1.54) is 0 Å². The first-order valence-electron chi connectivity index (χ1n) is 6.89. The monoisotopic (exact) mass is 272 g/mol. The van der Waals surface area contributed by atoms with Crippen LogP contribution < -0.4 is 10.6 Å². The molecule has 1 aliphatic rings. The lowest BCUT2D eigenvalue weighted by Gasteiger charge is -2.30. The van der Waals surface area contributed by atoms with Crippen LogP contribution in [0.2, 0.25) is 0 Å². The smallest absolute Gasteiger partial charge is 0.238 e. The molecule has 1 amide bonds. The van der Waals surface area contributed by atoms with Crippen LogP contribution in [-0.4, -0.2) is 37.0 Å². The third kappa shape index (κ3) is 4.25. The standard InChI is InChI=1S/C15H20N4O/c1-19-10-7-14(8-11-19)17-12-2-4-13(5-3-12)18-15(20)6-9-16/h2-5,14,17H,6-8,10-11H2,1H3,(H,18,20). The quantitative estimate of drug-likeness (QED) is 0.880. The normalized spacial score (nSPS) is 16.4. The second-order valence-electron chi connectivity index (χ2n) is 5.18. The summed E-state index contributed by atoms with van der Waals surface area (Å²) in [5.41, 5.74) is 1.79. The summed E-state index contributed by atoms with van der Waals surface area (Å²) in [5.74, 6) is -0.275. The molecule has 0 atom stereocenters. The van der Waals surface area contributed by atoms with Gasteiger partial charge in [0.05, 0.1) is 6.07 Å². The lowest BCUT2D eigenvalue weighted by atomic mass is 10.1. The van der Waals surface area contributed by atoms with Crippen LogP contribution >= 0.6 is 0 Å². The number of likely N-dealkylation sites (tertiary alicyclic amines) is 1. The molecule has 5 nitrogen and oxygen atoms in total. The van der Waals surface area contributed by atoms with E-state index in [1.807, 2.05) is 30.3 Å². The molecule has 2 rings (SSSR count). The highest BCUT2D eigenvalue weighted by Crippen LogP contribution is 2.18. The number of carbonyl (C=O) groups is 1. The van der Waals surface area contributed by atoms with E-state index in [1.54, 1.807) is 0 Å². The third-order valence-corrected chi connectivity index (χ3v) is 3.50. The minimum Gasteiger partial charge on any atom is -0.382 e. The number of rotatable bonds is 4. The van der Waals surface area contributed by atoms with Gasteiger partial charge in [-0.1, -0.05) is 0 Å². The Hall–Kier alpha value is -2.06. The van der Waals surface area contributed by atoms with Gasteiger partial charge in [-0.15, -0.1) is 0 Å². The Morgan fingerprint density at radius 3 is 2.50 bits per heavy atom. The zero-order valence-electron chi connectivity index (χ0n) is 11.7. The van der Waals surface area contributed by atoms with Crippen molar-refractivity contribution in [2.45, 2.75) is 25.3 Å². The van der Waals surface area contributed by atoms with Crippen molar-refractivity contribution in [1.29, 1.82) is 5.26 Å². The molecule has 0 unspecified atom stereocenters. The molecule has 0 aromatic heterocycles. The van der Waals surface area contributed by atoms with Crippen molar-refractivity contribution in [2.24, 2.45) is 0 Å². The third-order valence-electron chi connectivity index (χ3n) is 3.50. The molecule has 0 bridgehead atoms. The van der Waals surface area contributed by atoms with Gasteiger partial charge in [0, 0.05) is 17.4 Å². The Morgan fingerprint density at radius 2 is 1.90 bits per heavy atom. The first-order chi connectivity index (χ1) is 9.67. The van der Waals surface area contributed by atoms with Gasteiger partial charge >= 0.3 is 0 Å². The van der Waals surface area contributed by atoms with Crippen molar-refractivity contribution >= 4 is 17.3 Å². The Balaban J connectivity index is 1.85. The second kappa shape index (κ2) is 6.92. The first kappa shape index (κ1) is 14.4. The number of amides is 1. The summed E-state index contributed by atoms with van der Waals surface area (Å²) in [5, 5.41) is 14.6. The Morgan fingerprint density at radius 1 is 1.30 bits per heavy atom. The number of hydrogen-bond donors (Lipinski definition) is 2. The Kier molecular flexibility index (Phi) is 4.97. The molecule has 106 valence electrons. The maximum atomic E-state index is 11.3. The predicted molar refractivity (Wildman–Crippen MR) is 79.4 cm³/mol. The zero-order chi connectivity index (χ0) is 14.4. The molecule has 1 aromatic rings. The molecular weight excluding hydrogens is 252 g/mol. The molecule has 0 aliphatic carbocycles. The maximum Gasteiger partial charge on any atom is 0.238 e. The average Bonchev–Trinajstić information content (AvgIpc) is 2.44. The molecule has 2 N–H and O–H groups in total. The van der Waals surface area contributed by atoms with Crippen LogP contribution in [0.1, 0.15) is 19.3 Å². The Labute approximate surface area is 119 Å². The Bertz CT molecular complexity index is 484. The minimum atomic E-state index is -0.275. The number of benzene rings is 1. The molecule has 1 fully saturated rings. The maximum absolute atomic E-state index is 11.3. The van der Waals surface area contributed by atoms with Gasteiger partial charge in [-0.2, -0.15) is 5.26 Å². The van der Waals surface area contributed by atoms with E-state index in [9.17, 15) is 4.79 Å². The fraction of sp³-hybridized carbons (Fsp3) is 0.467. The fourth-order valence-electron chi connectivity index (χ4n) is 2.32. The molecule has 1 saturated heterocycles. The highest BCUT2D eigenvalue weighted by molar-refractivity contribution is 5.92. The van der Waals surface area contributed by atoms with Crippen LogP contribution in [0.3, 0.4) is 0 Å². The van der Waals surface area contributed by atoms with E-state index in [0.29, 0.717) is 6.04 Å². The molecule has 0 radical (unpaired) electrons. The van der Waals surface area contributed by atoms with Gasteiger partial charge in [0.1, 0.15) is 6.42 Å². The van der Waals surface area contributed by atoms with Crippen LogP contribution in [0.15, 0.2) is 24.3 Å². The van der Waals surface area contributed by atoms with Crippen molar-refractivity contribution in [1.82, 2.24) is 4.90 Å². The number of nitrogens with zero attached hydrogens (tertiary/aromatic N) is 2. The van der Waals surface area contributed by atoms with Crippen LogP contribution in [0.5, 0.6) is 0 Å². The van der Waals surface area contributed by atoms with E-state index in [-0.39, 0.29) is 12.3 Å². The molecule has 5 heteroatoms. The van der Waals surface area contributed by atoms with Crippen LogP contribution in [-0.2, 0) is 4.79 Å². The van der Waals surface area contributed by atoms with E-state index in [0.717, 1.165) is 37.3 Å². The van der Waals surface area contributed by atoms with E-state index in [4.69, 9.17) is 5.26 Å². The first-order valence-corrected chi connectivity index (χ1v) is 6.89. The predicted octanol–water partition coefficient (Wildman–Crippen LogP) is 2.04. The van der Waals surface area contributed by atoms with Gasteiger partial charge in [0.15, 0.2) is 0 Å². The summed E-state index contributed by atoms with van der Waals surface area (Å²) in [6.07, 6.45) is 2.18. The largest absolute Gasteiger partial charge is 0.382 e. The van der Waals surface area contributed by atoms with Crippen molar-refractivity contribution < 1.29 is 4.79 Å². The van der Waals surface area contributed by atoms with Crippen molar-refractivity contribution in [3.8, 4) is 6.07 Å². The molecule has 20 heavy (non-hydrogen) atoms. The topological polar surface area (TPSA) is 68.2 Å². The highest BCUT2D eigenvalue weighted by atomic mass is 16.1. The lowest BCUT2D eigenvalue weighted by molar-refractivity contribution is -0.115. The number of nitrogens with one attached hydrogen (secondary N) is 2. The van der Waals surface area contributed by atoms with E-state index >= 15 is 0 Å². The number of piperidine rings is 1. The molecule has 1 heterocycles. The SMILES string of the molecule is CN1CCC(Nc2ccc(NC(=O)CC#N)cc2)CC1. The van der Waals surface area contributed by atoms with Crippen LogP contribution in [0.25, 0.3) is 0 Å². The summed E-state index contributed by atoms with van der Waals surface area (Å²) >= 11 is 0. The average molecular weight is 272 g/mol. The summed E-state index contributed by atoms with van der Waals surface area (Å²) in [7, 11) is 2.15.